The van der Waals surface area contributed by atoms with Crippen LogP contribution in [0, 0.1) is 0 Å². The van der Waals surface area contributed by atoms with Crippen molar-refractivity contribution in [3.8, 4) is 55.6 Å². The van der Waals surface area contributed by atoms with Crippen LogP contribution in [0.4, 0.5) is 0 Å². The van der Waals surface area contributed by atoms with E-state index in [4.69, 9.17) is 4.42 Å². The molecule has 1 heterocycles. The van der Waals surface area contributed by atoms with Crippen molar-refractivity contribution in [2.45, 2.75) is 19.3 Å². The molecule has 0 saturated heterocycles. The molecule has 1 nitrogen and oxygen atoms in total. The van der Waals surface area contributed by atoms with E-state index in [9.17, 15) is 0 Å². The van der Waals surface area contributed by atoms with Gasteiger partial charge in [0.15, 0.2) is 0 Å². The molecule has 1 aliphatic rings. The van der Waals surface area contributed by atoms with Gasteiger partial charge >= 0.3 is 0 Å². The molecule has 0 aliphatic heterocycles. The largest absolute Gasteiger partial charge is 0.456 e. The Kier molecular flexibility index (Phi) is 7.42. The Bertz CT molecular complexity index is 3770. The number of para-hydroxylation sites is 1. The maximum atomic E-state index is 6.17. The second-order valence-corrected chi connectivity index (χ2v) is 17.5. The van der Waals surface area contributed by atoms with Gasteiger partial charge in [-0.05, 0) is 134 Å². The van der Waals surface area contributed by atoms with E-state index in [2.05, 4.69) is 208 Å². The van der Waals surface area contributed by atoms with Crippen molar-refractivity contribution in [1.29, 1.82) is 0 Å². The summed E-state index contributed by atoms with van der Waals surface area (Å²) in [5, 5.41) is 12.6. The molecule has 0 amide bonds. The lowest BCUT2D eigenvalue weighted by Gasteiger charge is -2.24. The number of furan rings is 1. The molecule has 62 heavy (non-hydrogen) atoms. The third kappa shape index (κ3) is 4.97. The summed E-state index contributed by atoms with van der Waals surface area (Å²) in [6.07, 6.45) is 0. The van der Waals surface area contributed by atoms with Crippen LogP contribution in [0.15, 0.2) is 211 Å². The fourth-order valence-corrected chi connectivity index (χ4v) is 11.1. The van der Waals surface area contributed by atoms with Crippen molar-refractivity contribution >= 4 is 65.0 Å². The molecule has 0 unspecified atom stereocenters. The maximum Gasteiger partial charge on any atom is 0.135 e. The lowest BCUT2D eigenvalue weighted by Crippen LogP contribution is -2.15. The Balaban J connectivity index is 0.962. The molecule has 11 aromatic carbocycles. The summed E-state index contributed by atoms with van der Waals surface area (Å²) < 4.78 is 6.17. The van der Waals surface area contributed by atoms with Gasteiger partial charge < -0.3 is 4.42 Å². The Morgan fingerprint density at radius 2 is 0.758 bits per heavy atom. The minimum absolute atomic E-state index is 0.147. The molecular weight excluding hydrogens is 749 g/mol. The number of fused-ring (bicyclic) bond motifs is 13. The van der Waals surface area contributed by atoms with Crippen molar-refractivity contribution in [1.82, 2.24) is 0 Å². The van der Waals surface area contributed by atoms with Gasteiger partial charge in [-0.2, -0.15) is 0 Å². The van der Waals surface area contributed by atoms with Crippen molar-refractivity contribution < 1.29 is 4.42 Å². The van der Waals surface area contributed by atoms with Gasteiger partial charge in [-0.3, -0.25) is 0 Å². The Morgan fingerprint density at radius 3 is 1.44 bits per heavy atom. The molecule has 1 aliphatic carbocycles. The smallest absolute Gasteiger partial charge is 0.135 e. The van der Waals surface area contributed by atoms with E-state index < -0.39 is 0 Å². The van der Waals surface area contributed by atoms with Gasteiger partial charge in [-0.25, -0.2) is 0 Å². The lowest BCUT2D eigenvalue weighted by molar-refractivity contribution is 0.666. The second-order valence-electron chi connectivity index (χ2n) is 17.5. The highest BCUT2D eigenvalue weighted by Crippen LogP contribution is 2.57. The van der Waals surface area contributed by atoms with Gasteiger partial charge in [-0.1, -0.05) is 196 Å². The highest BCUT2D eigenvalue weighted by molar-refractivity contribution is 6.22. The van der Waals surface area contributed by atoms with Crippen LogP contribution in [0.1, 0.15) is 25.0 Å². The van der Waals surface area contributed by atoms with Gasteiger partial charge in [0.25, 0.3) is 0 Å². The third-order valence-corrected chi connectivity index (χ3v) is 13.8. The van der Waals surface area contributed by atoms with E-state index in [0.717, 1.165) is 21.9 Å². The van der Waals surface area contributed by atoms with E-state index in [1.165, 1.54) is 110 Å². The standard InChI is InChI=1S/C61H40O/c1-61(2)53-27-14-26-42(58(53)59-46-20-5-3-17-43(46)44-18-4-10-25-51(44)60(59)61)37-29-31-38(32-30-37)56-47-21-6-8-23-49(47)57(50-24-9-7-22-48(50)56)41-16-13-15-39(35-41)40-33-34-55-52(36-40)45-19-11-12-28-54(45)62-55/h3-36H,1-2H3. The van der Waals surface area contributed by atoms with Crippen LogP contribution in [0.5, 0.6) is 0 Å². The first-order valence-electron chi connectivity index (χ1n) is 21.7. The molecule has 0 fully saturated rings. The molecule has 13 rings (SSSR count). The van der Waals surface area contributed by atoms with E-state index in [-0.39, 0.29) is 5.41 Å². The molecule has 1 aromatic heterocycles. The van der Waals surface area contributed by atoms with E-state index >= 15 is 0 Å². The fourth-order valence-electron chi connectivity index (χ4n) is 11.1. The van der Waals surface area contributed by atoms with Gasteiger partial charge in [0, 0.05) is 16.2 Å². The van der Waals surface area contributed by atoms with Crippen molar-refractivity contribution in [2.75, 3.05) is 0 Å². The molecule has 0 radical (unpaired) electrons. The lowest BCUT2D eigenvalue weighted by atomic mass is 9.79. The van der Waals surface area contributed by atoms with Gasteiger partial charge in [-0.15, -0.1) is 0 Å². The van der Waals surface area contributed by atoms with Crippen LogP contribution in [-0.2, 0) is 5.41 Å². The van der Waals surface area contributed by atoms with Gasteiger partial charge in [0.2, 0.25) is 0 Å². The Hall–Kier alpha value is -7.74. The van der Waals surface area contributed by atoms with Crippen LogP contribution in [0.3, 0.4) is 0 Å². The molecule has 0 saturated carbocycles. The SMILES string of the molecule is CC1(C)c2cccc(-c3ccc(-c4c5ccccc5c(-c5cccc(-c6ccc7oc8ccccc8c7c6)c5)c5ccccc45)cc3)c2-c2c1c1ccccc1c1ccccc21. The molecular formula is C61H40O. The van der Waals surface area contributed by atoms with Crippen molar-refractivity contribution in [3.05, 3.63) is 217 Å². The zero-order chi connectivity index (χ0) is 41.1. The molecule has 290 valence electrons. The zero-order valence-electron chi connectivity index (χ0n) is 34.5. The average Bonchev–Trinajstić information content (AvgIpc) is 3.82. The molecule has 0 N–H and O–H groups in total. The quantitative estimate of drug-likeness (QED) is 0.128. The summed E-state index contributed by atoms with van der Waals surface area (Å²) >= 11 is 0. The van der Waals surface area contributed by atoms with E-state index in [1.54, 1.807) is 0 Å². The van der Waals surface area contributed by atoms with Gasteiger partial charge in [0.05, 0.1) is 0 Å². The fraction of sp³-hybridized carbons (Fsp3) is 0.0492. The van der Waals surface area contributed by atoms with E-state index in [1.807, 2.05) is 12.1 Å². The first-order chi connectivity index (χ1) is 30.5. The number of rotatable bonds is 4. The van der Waals surface area contributed by atoms with Crippen LogP contribution >= 0.6 is 0 Å². The first kappa shape index (κ1) is 35.1. The molecule has 0 spiro atoms. The highest BCUT2D eigenvalue weighted by atomic mass is 16.3. The predicted octanol–water partition coefficient (Wildman–Crippen LogP) is 17.2. The maximum absolute atomic E-state index is 6.17. The zero-order valence-corrected chi connectivity index (χ0v) is 34.5. The molecule has 12 aromatic rings. The predicted molar refractivity (Wildman–Crippen MR) is 263 cm³/mol. The minimum Gasteiger partial charge on any atom is -0.456 e. The normalized spacial score (nSPS) is 13.1. The number of benzene rings is 11. The minimum atomic E-state index is -0.147. The van der Waals surface area contributed by atoms with Crippen LogP contribution < -0.4 is 0 Å². The topological polar surface area (TPSA) is 13.1 Å². The van der Waals surface area contributed by atoms with Crippen molar-refractivity contribution in [3.63, 3.8) is 0 Å². The summed E-state index contributed by atoms with van der Waals surface area (Å²) in [6, 6.07) is 76.1. The number of hydrogen-bond acceptors (Lipinski definition) is 1. The Morgan fingerprint density at radius 1 is 0.290 bits per heavy atom. The average molecular weight is 789 g/mol. The molecule has 0 bridgehead atoms. The summed E-state index contributed by atoms with van der Waals surface area (Å²) in [6.45, 7) is 4.81. The van der Waals surface area contributed by atoms with Crippen LogP contribution in [-0.4, -0.2) is 0 Å². The van der Waals surface area contributed by atoms with Gasteiger partial charge in [0.1, 0.15) is 11.2 Å². The summed E-state index contributed by atoms with van der Waals surface area (Å²) in [5.41, 5.74) is 17.1. The summed E-state index contributed by atoms with van der Waals surface area (Å²) in [5.74, 6) is 0. The second kappa shape index (κ2) is 13.1. The summed E-state index contributed by atoms with van der Waals surface area (Å²) in [4.78, 5) is 0. The molecule has 1 heteroatoms. The Labute approximate surface area is 360 Å². The monoisotopic (exact) mass is 788 g/mol. The first-order valence-corrected chi connectivity index (χ1v) is 21.7. The van der Waals surface area contributed by atoms with Crippen LogP contribution in [0.2, 0.25) is 0 Å². The van der Waals surface area contributed by atoms with E-state index in [0.29, 0.717) is 0 Å². The number of hydrogen-bond donors (Lipinski definition) is 0. The summed E-state index contributed by atoms with van der Waals surface area (Å²) in [7, 11) is 0. The third-order valence-electron chi connectivity index (χ3n) is 13.8. The highest BCUT2D eigenvalue weighted by Gasteiger charge is 2.39. The molecule has 0 atom stereocenters. The van der Waals surface area contributed by atoms with Crippen LogP contribution in [0.25, 0.3) is 121 Å². The van der Waals surface area contributed by atoms with Crippen molar-refractivity contribution in [2.24, 2.45) is 0 Å².